The van der Waals surface area contributed by atoms with Gasteiger partial charge in [0.1, 0.15) is 6.33 Å². The van der Waals surface area contributed by atoms with Crippen LogP contribution in [0.25, 0.3) is 0 Å². The van der Waals surface area contributed by atoms with Crippen LogP contribution in [0.2, 0.25) is 0 Å². The van der Waals surface area contributed by atoms with Gasteiger partial charge in [-0.2, -0.15) is 10.4 Å². The van der Waals surface area contributed by atoms with Crippen molar-refractivity contribution in [1.82, 2.24) is 19.5 Å². The van der Waals surface area contributed by atoms with Gasteiger partial charge in [0, 0.05) is 20.0 Å². The van der Waals surface area contributed by atoms with Crippen molar-refractivity contribution in [3.05, 3.63) is 12.2 Å². The molecule has 0 amide bonds. The molecule has 1 N–H and O–H groups in total. The molecule has 0 aliphatic carbocycles. The third-order valence-corrected chi connectivity index (χ3v) is 2.73. The number of nitrogens with zero attached hydrogens (tertiary/aromatic N) is 4. The fourth-order valence-electron chi connectivity index (χ4n) is 0.953. The molecule has 0 aromatic carbocycles. The van der Waals surface area contributed by atoms with Gasteiger partial charge in [0.2, 0.25) is 10.0 Å². The topological polar surface area (TPSA) is 101 Å². The summed E-state index contributed by atoms with van der Waals surface area (Å²) in [6.45, 7) is 0.202. The van der Waals surface area contributed by atoms with Crippen LogP contribution < -0.4 is 4.72 Å². The van der Waals surface area contributed by atoms with Gasteiger partial charge in [-0.3, -0.25) is 4.68 Å². The van der Waals surface area contributed by atoms with Crippen molar-refractivity contribution >= 4 is 10.0 Å². The van der Waals surface area contributed by atoms with Gasteiger partial charge in [-0.1, -0.05) is 0 Å². The molecule has 1 aromatic rings. The molecule has 0 saturated carbocycles. The zero-order chi connectivity index (χ0) is 11.3. The van der Waals surface area contributed by atoms with Crippen molar-refractivity contribution in [1.29, 1.82) is 5.26 Å². The molecule has 0 bridgehead atoms. The normalized spacial score (nSPS) is 11.2. The van der Waals surface area contributed by atoms with Gasteiger partial charge in [-0.05, 0) is 0 Å². The van der Waals surface area contributed by atoms with Crippen LogP contribution in [-0.2, 0) is 23.5 Å². The van der Waals surface area contributed by atoms with Crippen LogP contribution in [0.1, 0.15) is 5.82 Å². The molecule has 0 atom stereocenters. The Morgan fingerprint density at radius 2 is 2.40 bits per heavy atom. The lowest BCUT2D eigenvalue weighted by molar-refractivity contribution is 0.584. The number of hydrogen-bond donors (Lipinski definition) is 1. The van der Waals surface area contributed by atoms with Crippen molar-refractivity contribution < 1.29 is 8.42 Å². The highest BCUT2D eigenvalue weighted by Gasteiger charge is 2.08. The van der Waals surface area contributed by atoms with Gasteiger partial charge in [0.15, 0.2) is 11.6 Å². The zero-order valence-electron chi connectivity index (χ0n) is 8.21. The van der Waals surface area contributed by atoms with Gasteiger partial charge in [-0.15, -0.1) is 0 Å². The van der Waals surface area contributed by atoms with Crippen LogP contribution in [-0.4, -0.2) is 35.5 Å². The second-order valence-corrected chi connectivity index (χ2v) is 4.70. The maximum absolute atomic E-state index is 11.0. The summed E-state index contributed by atoms with van der Waals surface area (Å²) in [5.74, 6) is 0.0417. The SMILES string of the molecule is Cn1cnc(CCNS(=O)(=O)CC#N)n1. The fourth-order valence-corrected chi connectivity index (χ4v) is 1.64. The minimum atomic E-state index is -3.47. The number of hydrogen-bond acceptors (Lipinski definition) is 5. The second-order valence-electron chi connectivity index (χ2n) is 2.90. The number of rotatable bonds is 5. The molecule has 8 heteroatoms. The first-order chi connectivity index (χ1) is 7.03. The smallest absolute Gasteiger partial charge is 0.225 e. The summed E-state index contributed by atoms with van der Waals surface area (Å²) in [5.41, 5.74) is 0. The molecule has 1 heterocycles. The van der Waals surface area contributed by atoms with Gasteiger partial charge in [-0.25, -0.2) is 18.1 Å². The summed E-state index contributed by atoms with van der Waals surface area (Å²) < 4.78 is 25.9. The van der Waals surface area contributed by atoms with Crippen molar-refractivity contribution in [2.45, 2.75) is 6.42 Å². The lowest BCUT2D eigenvalue weighted by Gasteiger charge is -2.00. The first-order valence-electron chi connectivity index (χ1n) is 4.22. The summed E-state index contributed by atoms with van der Waals surface area (Å²) in [5, 5.41) is 12.2. The Labute approximate surface area is 87.8 Å². The minimum Gasteiger partial charge on any atom is -0.256 e. The average molecular weight is 229 g/mol. The molecule has 15 heavy (non-hydrogen) atoms. The maximum atomic E-state index is 11.0. The van der Waals surface area contributed by atoms with Gasteiger partial charge >= 0.3 is 0 Å². The molecular weight excluding hydrogens is 218 g/mol. The van der Waals surface area contributed by atoms with E-state index in [4.69, 9.17) is 5.26 Å². The monoisotopic (exact) mass is 229 g/mol. The third kappa shape index (κ3) is 4.05. The summed E-state index contributed by atoms with van der Waals surface area (Å²) in [6.07, 6.45) is 1.95. The Balaban J connectivity index is 2.37. The van der Waals surface area contributed by atoms with E-state index in [2.05, 4.69) is 14.8 Å². The molecule has 0 unspecified atom stereocenters. The van der Waals surface area contributed by atoms with Crippen LogP contribution in [0.5, 0.6) is 0 Å². The second kappa shape index (κ2) is 4.86. The quantitative estimate of drug-likeness (QED) is 0.683. The van der Waals surface area contributed by atoms with E-state index >= 15 is 0 Å². The average Bonchev–Trinajstić information content (AvgIpc) is 2.51. The molecule has 82 valence electrons. The van der Waals surface area contributed by atoms with Crippen LogP contribution in [0.15, 0.2) is 6.33 Å². The largest absolute Gasteiger partial charge is 0.256 e. The highest BCUT2D eigenvalue weighted by molar-refractivity contribution is 7.89. The van der Waals surface area contributed by atoms with Crippen molar-refractivity contribution in [3.63, 3.8) is 0 Å². The summed E-state index contributed by atoms with van der Waals surface area (Å²) in [4.78, 5) is 3.93. The molecule has 0 aliphatic rings. The van der Waals surface area contributed by atoms with Crippen molar-refractivity contribution in [3.8, 4) is 6.07 Å². The number of nitriles is 1. The molecule has 1 aromatic heterocycles. The van der Waals surface area contributed by atoms with Crippen LogP contribution in [0.4, 0.5) is 0 Å². The van der Waals surface area contributed by atoms with Gasteiger partial charge < -0.3 is 0 Å². The van der Waals surface area contributed by atoms with Gasteiger partial charge in [0.05, 0.1) is 6.07 Å². The van der Waals surface area contributed by atoms with E-state index in [1.54, 1.807) is 24.1 Å². The number of nitrogens with one attached hydrogen (secondary N) is 1. The molecular formula is C7H11N5O2S. The standard InChI is InChI=1S/C7H11N5O2S/c1-12-6-9-7(11-12)2-4-10-15(13,14)5-3-8/h6,10H,2,4-5H2,1H3. The van der Waals surface area contributed by atoms with E-state index in [1.807, 2.05) is 0 Å². The highest BCUT2D eigenvalue weighted by Crippen LogP contribution is 1.90. The van der Waals surface area contributed by atoms with Crippen LogP contribution in [0, 0.1) is 11.3 Å². The Morgan fingerprint density at radius 3 is 2.93 bits per heavy atom. The molecule has 7 nitrogen and oxygen atoms in total. The first-order valence-corrected chi connectivity index (χ1v) is 5.87. The highest BCUT2D eigenvalue weighted by atomic mass is 32.2. The lowest BCUT2D eigenvalue weighted by atomic mass is 10.4. The van der Waals surface area contributed by atoms with E-state index < -0.39 is 15.8 Å². The minimum absolute atomic E-state index is 0.202. The molecule has 0 radical (unpaired) electrons. The fraction of sp³-hybridized carbons (Fsp3) is 0.571. The first kappa shape index (κ1) is 11.6. The summed E-state index contributed by atoms with van der Waals surface area (Å²) in [7, 11) is -1.74. The Hall–Kier alpha value is -1.46. The van der Waals surface area contributed by atoms with Crippen LogP contribution >= 0.6 is 0 Å². The van der Waals surface area contributed by atoms with E-state index in [1.165, 1.54) is 0 Å². The predicted molar refractivity (Wildman–Crippen MR) is 52.1 cm³/mol. The van der Waals surface area contributed by atoms with Gasteiger partial charge in [0.25, 0.3) is 0 Å². The summed E-state index contributed by atoms with van der Waals surface area (Å²) >= 11 is 0. The molecule has 0 fully saturated rings. The number of aromatic nitrogens is 3. The molecule has 0 aliphatic heterocycles. The summed E-state index contributed by atoms with van der Waals surface area (Å²) in [6, 6.07) is 1.57. The number of aryl methyl sites for hydroxylation is 1. The Morgan fingerprint density at radius 1 is 1.67 bits per heavy atom. The van der Waals surface area contributed by atoms with E-state index in [-0.39, 0.29) is 6.54 Å². The van der Waals surface area contributed by atoms with Crippen LogP contribution in [0.3, 0.4) is 0 Å². The molecule has 1 rings (SSSR count). The molecule has 0 saturated heterocycles. The Kier molecular flexibility index (Phi) is 3.76. The van der Waals surface area contributed by atoms with E-state index in [9.17, 15) is 8.42 Å². The van der Waals surface area contributed by atoms with Crippen molar-refractivity contribution in [2.75, 3.05) is 12.3 Å². The maximum Gasteiger partial charge on any atom is 0.225 e. The number of sulfonamides is 1. The van der Waals surface area contributed by atoms with E-state index in [0.717, 1.165) is 0 Å². The molecule has 0 spiro atoms. The van der Waals surface area contributed by atoms with Crippen molar-refractivity contribution in [2.24, 2.45) is 7.05 Å². The van der Waals surface area contributed by atoms with E-state index in [0.29, 0.717) is 12.2 Å². The Bertz CT molecular complexity index is 458. The predicted octanol–water partition coefficient (Wildman–Crippen LogP) is -1.20. The third-order valence-electron chi connectivity index (χ3n) is 1.57. The zero-order valence-corrected chi connectivity index (χ0v) is 9.03. The lowest BCUT2D eigenvalue weighted by Crippen LogP contribution is -2.28.